The van der Waals surface area contributed by atoms with Crippen LogP contribution in [0.4, 0.5) is 0 Å². The Morgan fingerprint density at radius 1 is 1.00 bits per heavy atom. The van der Waals surface area contributed by atoms with Crippen molar-refractivity contribution in [1.29, 1.82) is 0 Å². The quantitative estimate of drug-likeness (QED) is 0.510. The predicted molar refractivity (Wildman–Crippen MR) is 113 cm³/mol. The topological polar surface area (TPSA) is 61.8 Å². The van der Waals surface area contributed by atoms with Gasteiger partial charge in [0.2, 0.25) is 0 Å². The summed E-state index contributed by atoms with van der Waals surface area (Å²) in [7, 11) is 0. The average molecular weight is 407 g/mol. The Labute approximate surface area is 171 Å². The van der Waals surface area contributed by atoms with Crippen LogP contribution in [0, 0.1) is 5.92 Å². The number of halogens is 1. The lowest BCUT2D eigenvalue weighted by molar-refractivity contribution is 0.567. The maximum Gasteiger partial charge on any atom is 0.337 e. The first-order chi connectivity index (χ1) is 14.1. The normalized spacial score (nSPS) is 13.8. The number of aromatic nitrogens is 4. The van der Waals surface area contributed by atoms with Crippen molar-refractivity contribution in [3.8, 4) is 5.69 Å². The van der Waals surface area contributed by atoms with Gasteiger partial charge in [-0.25, -0.2) is 14.3 Å². The van der Waals surface area contributed by atoms with E-state index in [0.717, 1.165) is 18.4 Å². The molecular formula is C22H19ClN4O2. The van der Waals surface area contributed by atoms with E-state index < -0.39 is 0 Å². The molecule has 29 heavy (non-hydrogen) atoms. The fraction of sp³-hybridized carbons (Fsp3) is 0.227. The number of rotatable bonds is 5. The lowest BCUT2D eigenvalue weighted by atomic mass is 10.2. The standard InChI is InChI=1S/C22H19ClN4O2/c23-17-8-10-18(11-9-17)27-20-19(21(28)26(22(27)29)13-16-6-7-16)25(14-24-20)12-15-4-2-1-3-5-15/h1-5,8-11,14,16H,6-7,12-13H2. The molecule has 0 saturated heterocycles. The van der Waals surface area contributed by atoms with Crippen molar-refractivity contribution in [1.82, 2.24) is 18.7 Å². The molecular weight excluding hydrogens is 388 g/mol. The van der Waals surface area contributed by atoms with Crippen molar-refractivity contribution in [2.24, 2.45) is 5.92 Å². The zero-order valence-electron chi connectivity index (χ0n) is 15.7. The minimum absolute atomic E-state index is 0.282. The molecule has 1 aliphatic rings. The van der Waals surface area contributed by atoms with E-state index in [9.17, 15) is 9.59 Å². The molecule has 0 aliphatic heterocycles. The molecule has 7 heteroatoms. The van der Waals surface area contributed by atoms with Crippen LogP contribution in [-0.2, 0) is 13.1 Å². The second-order valence-electron chi connectivity index (χ2n) is 7.48. The Kier molecular flexibility index (Phi) is 4.36. The summed E-state index contributed by atoms with van der Waals surface area (Å²) in [4.78, 5) is 31.0. The zero-order valence-corrected chi connectivity index (χ0v) is 16.4. The third kappa shape index (κ3) is 3.29. The Morgan fingerprint density at radius 2 is 1.72 bits per heavy atom. The van der Waals surface area contributed by atoms with E-state index in [4.69, 9.17) is 11.6 Å². The van der Waals surface area contributed by atoms with E-state index in [2.05, 4.69) is 4.98 Å². The van der Waals surface area contributed by atoms with Gasteiger partial charge >= 0.3 is 5.69 Å². The number of benzene rings is 2. The minimum atomic E-state index is -0.360. The Balaban J connectivity index is 1.76. The summed E-state index contributed by atoms with van der Waals surface area (Å²) in [6.45, 7) is 0.951. The fourth-order valence-electron chi connectivity index (χ4n) is 3.62. The highest BCUT2D eigenvalue weighted by atomic mass is 35.5. The molecule has 6 nitrogen and oxygen atoms in total. The summed E-state index contributed by atoms with van der Waals surface area (Å²) >= 11 is 6.02. The molecule has 5 rings (SSSR count). The molecule has 2 heterocycles. The highest BCUT2D eigenvalue weighted by Gasteiger charge is 2.26. The molecule has 146 valence electrons. The summed E-state index contributed by atoms with van der Waals surface area (Å²) in [5, 5.41) is 0.582. The van der Waals surface area contributed by atoms with E-state index in [1.807, 2.05) is 34.9 Å². The summed E-state index contributed by atoms with van der Waals surface area (Å²) < 4.78 is 4.69. The number of hydrogen-bond acceptors (Lipinski definition) is 3. The lowest BCUT2D eigenvalue weighted by Crippen LogP contribution is -2.40. The van der Waals surface area contributed by atoms with Crippen LogP contribution in [0.15, 0.2) is 70.5 Å². The lowest BCUT2D eigenvalue weighted by Gasteiger charge is -2.12. The van der Waals surface area contributed by atoms with Gasteiger partial charge in [0.25, 0.3) is 5.56 Å². The molecule has 0 spiro atoms. The molecule has 4 aromatic rings. The Hall–Kier alpha value is -3.12. The summed E-state index contributed by atoms with van der Waals surface area (Å²) in [5.41, 5.74) is 1.86. The predicted octanol–water partition coefficient (Wildman–Crippen LogP) is 3.46. The Morgan fingerprint density at radius 3 is 2.41 bits per heavy atom. The van der Waals surface area contributed by atoms with Crippen molar-refractivity contribution in [3.63, 3.8) is 0 Å². The van der Waals surface area contributed by atoms with Gasteiger partial charge in [0.05, 0.1) is 12.0 Å². The molecule has 0 amide bonds. The van der Waals surface area contributed by atoms with E-state index in [-0.39, 0.29) is 11.2 Å². The molecule has 2 aromatic carbocycles. The van der Waals surface area contributed by atoms with Crippen molar-refractivity contribution in [2.45, 2.75) is 25.9 Å². The summed E-state index contributed by atoms with van der Waals surface area (Å²) in [5.74, 6) is 0.391. The Bertz CT molecular complexity index is 1300. The molecule has 0 unspecified atom stereocenters. The highest BCUT2D eigenvalue weighted by Crippen LogP contribution is 2.30. The van der Waals surface area contributed by atoms with E-state index in [1.54, 1.807) is 30.6 Å². The number of fused-ring (bicyclic) bond motifs is 1. The second-order valence-corrected chi connectivity index (χ2v) is 7.92. The van der Waals surface area contributed by atoms with Gasteiger partial charge in [0, 0.05) is 18.1 Å². The molecule has 1 aliphatic carbocycles. The largest absolute Gasteiger partial charge is 0.337 e. The third-order valence-electron chi connectivity index (χ3n) is 5.32. The van der Waals surface area contributed by atoms with Gasteiger partial charge < -0.3 is 4.57 Å². The molecule has 0 atom stereocenters. The first-order valence-corrected chi connectivity index (χ1v) is 10.00. The molecule has 1 saturated carbocycles. The van der Waals surface area contributed by atoms with E-state index in [1.165, 1.54) is 9.13 Å². The summed E-state index contributed by atoms with van der Waals surface area (Å²) in [6.07, 6.45) is 3.73. The highest BCUT2D eigenvalue weighted by molar-refractivity contribution is 6.30. The van der Waals surface area contributed by atoms with Crippen molar-refractivity contribution in [2.75, 3.05) is 0 Å². The van der Waals surface area contributed by atoms with Gasteiger partial charge in [-0.05, 0) is 48.6 Å². The smallest absolute Gasteiger partial charge is 0.320 e. The number of imidazole rings is 1. The zero-order chi connectivity index (χ0) is 20.0. The van der Waals surface area contributed by atoms with Crippen LogP contribution in [0.3, 0.4) is 0 Å². The van der Waals surface area contributed by atoms with Crippen LogP contribution in [-0.4, -0.2) is 18.7 Å². The average Bonchev–Trinajstić information content (AvgIpc) is 3.46. The molecule has 1 fully saturated rings. The number of nitrogens with zero attached hydrogens (tertiary/aromatic N) is 4. The van der Waals surface area contributed by atoms with Crippen molar-refractivity contribution in [3.05, 3.63) is 92.3 Å². The van der Waals surface area contributed by atoms with Gasteiger partial charge in [0.1, 0.15) is 0 Å². The van der Waals surface area contributed by atoms with E-state index >= 15 is 0 Å². The van der Waals surface area contributed by atoms with Gasteiger partial charge in [-0.15, -0.1) is 0 Å². The van der Waals surface area contributed by atoms with Crippen LogP contribution in [0.5, 0.6) is 0 Å². The van der Waals surface area contributed by atoms with Crippen LogP contribution in [0.1, 0.15) is 18.4 Å². The number of hydrogen-bond donors (Lipinski definition) is 0. The molecule has 0 radical (unpaired) electrons. The molecule has 0 N–H and O–H groups in total. The first-order valence-electron chi connectivity index (χ1n) is 9.62. The van der Waals surface area contributed by atoms with Crippen LogP contribution < -0.4 is 11.2 Å². The van der Waals surface area contributed by atoms with Crippen molar-refractivity contribution >= 4 is 22.8 Å². The van der Waals surface area contributed by atoms with Crippen LogP contribution >= 0.6 is 11.6 Å². The molecule has 0 bridgehead atoms. The van der Waals surface area contributed by atoms with Gasteiger partial charge in [-0.2, -0.15) is 0 Å². The van der Waals surface area contributed by atoms with Gasteiger partial charge in [-0.3, -0.25) is 9.36 Å². The maximum absolute atomic E-state index is 13.3. The SMILES string of the molecule is O=c1c2c(ncn2Cc2ccccc2)n(-c2ccc(Cl)cc2)c(=O)n1CC1CC1. The van der Waals surface area contributed by atoms with E-state index in [0.29, 0.717) is 40.9 Å². The van der Waals surface area contributed by atoms with Gasteiger partial charge in [0.15, 0.2) is 11.2 Å². The monoisotopic (exact) mass is 406 g/mol. The minimum Gasteiger partial charge on any atom is -0.320 e. The first kappa shape index (κ1) is 17.9. The second kappa shape index (κ2) is 7.04. The third-order valence-corrected chi connectivity index (χ3v) is 5.57. The fourth-order valence-corrected chi connectivity index (χ4v) is 3.75. The van der Waals surface area contributed by atoms with Crippen LogP contribution in [0.25, 0.3) is 16.9 Å². The summed E-state index contributed by atoms with van der Waals surface area (Å²) in [6, 6.07) is 16.9. The van der Waals surface area contributed by atoms with Crippen molar-refractivity contribution < 1.29 is 0 Å². The molecule has 2 aromatic heterocycles. The van der Waals surface area contributed by atoms with Gasteiger partial charge in [-0.1, -0.05) is 41.9 Å². The van der Waals surface area contributed by atoms with Crippen LogP contribution in [0.2, 0.25) is 5.02 Å². The maximum atomic E-state index is 13.3.